The zero-order chi connectivity index (χ0) is 20.1. The highest BCUT2D eigenvalue weighted by molar-refractivity contribution is 6.31. The molecule has 154 valence electrons. The average molecular weight is 406 g/mol. The molecule has 28 heavy (non-hydrogen) atoms. The lowest BCUT2D eigenvalue weighted by molar-refractivity contribution is -0.129. The minimum absolute atomic E-state index is 0.00394. The summed E-state index contributed by atoms with van der Waals surface area (Å²) in [5.74, 6) is 0.152. The first-order valence-corrected chi connectivity index (χ1v) is 10.9. The third-order valence-corrected chi connectivity index (χ3v) is 6.42. The lowest BCUT2D eigenvalue weighted by Crippen LogP contribution is -2.49. The molecule has 2 aliphatic heterocycles. The number of nitrogens with one attached hydrogen (secondary N) is 1. The van der Waals surface area contributed by atoms with E-state index < -0.39 is 5.41 Å². The molecule has 2 saturated heterocycles. The summed E-state index contributed by atoms with van der Waals surface area (Å²) in [5, 5.41) is 3.77. The molecule has 2 amide bonds. The van der Waals surface area contributed by atoms with Crippen molar-refractivity contribution in [3.05, 3.63) is 34.9 Å². The molecule has 1 aromatic carbocycles. The van der Waals surface area contributed by atoms with Gasteiger partial charge in [-0.1, -0.05) is 43.6 Å². The van der Waals surface area contributed by atoms with Crippen LogP contribution in [0.3, 0.4) is 0 Å². The fourth-order valence-corrected chi connectivity index (χ4v) is 5.09. The Labute approximate surface area is 173 Å². The van der Waals surface area contributed by atoms with Crippen molar-refractivity contribution >= 4 is 23.4 Å². The lowest BCUT2D eigenvalue weighted by atomic mass is 9.76. The third-order valence-electron chi connectivity index (χ3n) is 6.09. The van der Waals surface area contributed by atoms with E-state index in [0.29, 0.717) is 31.0 Å². The first-order chi connectivity index (χ1) is 13.5. The summed E-state index contributed by atoms with van der Waals surface area (Å²) < 4.78 is 0. The molecule has 0 saturated carbocycles. The topological polar surface area (TPSA) is 52.7 Å². The Morgan fingerprint density at radius 2 is 1.96 bits per heavy atom. The number of hydrogen-bond donors (Lipinski definition) is 1. The summed E-state index contributed by atoms with van der Waals surface area (Å²) in [4.78, 5) is 30.0. The van der Waals surface area contributed by atoms with Gasteiger partial charge in [-0.05, 0) is 50.4 Å². The average Bonchev–Trinajstić information content (AvgIpc) is 3.22. The predicted molar refractivity (Wildman–Crippen MR) is 113 cm³/mol. The van der Waals surface area contributed by atoms with Crippen LogP contribution in [0.25, 0.3) is 0 Å². The first-order valence-electron chi connectivity index (χ1n) is 10.6. The molecule has 1 aromatic rings. The maximum absolute atomic E-state index is 13.4. The van der Waals surface area contributed by atoms with Gasteiger partial charge < -0.3 is 15.1 Å². The Balaban J connectivity index is 1.76. The zero-order valence-corrected chi connectivity index (χ0v) is 17.8. The van der Waals surface area contributed by atoms with Crippen molar-refractivity contribution in [2.24, 2.45) is 0 Å². The minimum Gasteiger partial charge on any atom is -0.354 e. The molecule has 2 atom stereocenters. The Kier molecular flexibility index (Phi) is 7.00. The second-order valence-electron chi connectivity index (χ2n) is 8.08. The van der Waals surface area contributed by atoms with E-state index in [2.05, 4.69) is 24.1 Å². The van der Waals surface area contributed by atoms with Gasteiger partial charge in [0.15, 0.2) is 0 Å². The first kappa shape index (κ1) is 21.1. The Hall–Kier alpha value is -1.59. The maximum Gasteiger partial charge on any atom is 0.232 e. The molecule has 2 unspecified atom stereocenters. The van der Waals surface area contributed by atoms with Crippen LogP contribution in [-0.2, 0) is 15.0 Å². The number of carbonyl (C=O) groups is 2. The monoisotopic (exact) mass is 405 g/mol. The Bertz CT molecular complexity index is 705. The van der Waals surface area contributed by atoms with E-state index in [-0.39, 0.29) is 17.9 Å². The van der Waals surface area contributed by atoms with Gasteiger partial charge in [-0.3, -0.25) is 9.59 Å². The van der Waals surface area contributed by atoms with Crippen molar-refractivity contribution < 1.29 is 9.59 Å². The van der Waals surface area contributed by atoms with Gasteiger partial charge in [0.25, 0.3) is 0 Å². The molecule has 3 rings (SSSR count). The van der Waals surface area contributed by atoms with Crippen LogP contribution >= 0.6 is 11.6 Å². The normalized spacial score (nSPS) is 24.1. The molecule has 1 N–H and O–H groups in total. The van der Waals surface area contributed by atoms with E-state index in [0.717, 1.165) is 44.5 Å². The molecule has 2 heterocycles. The largest absolute Gasteiger partial charge is 0.354 e. The van der Waals surface area contributed by atoms with Gasteiger partial charge in [-0.25, -0.2) is 0 Å². The van der Waals surface area contributed by atoms with Crippen LogP contribution in [0, 0.1) is 0 Å². The van der Waals surface area contributed by atoms with Crippen LogP contribution < -0.4 is 5.32 Å². The number of fused-ring (bicyclic) bond motifs is 1. The van der Waals surface area contributed by atoms with E-state index in [1.54, 1.807) is 0 Å². The van der Waals surface area contributed by atoms with Crippen molar-refractivity contribution in [2.45, 2.75) is 57.4 Å². The standard InChI is InChI=1S/C22H32ClN3O2/c1-3-12-25(13-4-2)14-11-24-21(28)22(18-7-5-6-8-19(18)23)15-17-9-10-20(27)26(17)16-22/h5-8,17H,3-4,9-16H2,1-2H3,(H,24,28). The van der Waals surface area contributed by atoms with Gasteiger partial charge in [0.1, 0.15) is 0 Å². The Morgan fingerprint density at radius 1 is 1.25 bits per heavy atom. The molecule has 0 radical (unpaired) electrons. The highest BCUT2D eigenvalue weighted by atomic mass is 35.5. The molecule has 2 fully saturated rings. The number of benzene rings is 1. The van der Waals surface area contributed by atoms with Crippen LogP contribution in [0.4, 0.5) is 0 Å². The fraction of sp³-hybridized carbons (Fsp3) is 0.636. The van der Waals surface area contributed by atoms with E-state index in [1.165, 1.54) is 0 Å². The summed E-state index contributed by atoms with van der Waals surface area (Å²) in [7, 11) is 0. The molecule has 0 aromatic heterocycles. The highest BCUT2D eigenvalue weighted by Gasteiger charge is 2.54. The predicted octanol–water partition coefficient (Wildman–Crippen LogP) is 3.21. The van der Waals surface area contributed by atoms with Crippen LogP contribution in [-0.4, -0.2) is 60.4 Å². The van der Waals surface area contributed by atoms with Crippen molar-refractivity contribution in [2.75, 3.05) is 32.7 Å². The number of carbonyl (C=O) groups excluding carboxylic acids is 2. The molecule has 0 aliphatic carbocycles. The van der Waals surface area contributed by atoms with E-state index in [9.17, 15) is 9.59 Å². The number of halogens is 1. The molecule has 2 aliphatic rings. The number of nitrogens with zero attached hydrogens (tertiary/aromatic N) is 2. The van der Waals surface area contributed by atoms with Gasteiger partial charge in [0.2, 0.25) is 11.8 Å². The van der Waals surface area contributed by atoms with Crippen molar-refractivity contribution in [3.8, 4) is 0 Å². The van der Waals surface area contributed by atoms with Crippen LogP contribution in [0.1, 0.15) is 51.5 Å². The fourth-order valence-electron chi connectivity index (χ4n) is 4.78. The molecule has 6 heteroatoms. The summed E-state index contributed by atoms with van der Waals surface area (Å²) in [6.07, 6.45) is 4.29. The quantitative estimate of drug-likeness (QED) is 0.686. The van der Waals surface area contributed by atoms with Gasteiger partial charge in [-0.2, -0.15) is 0 Å². The van der Waals surface area contributed by atoms with Crippen LogP contribution in [0.2, 0.25) is 5.02 Å². The van der Waals surface area contributed by atoms with Crippen LogP contribution in [0.15, 0.2) is 24.3 Å². The van der Waals surface area contributed by atoms with Gasteiger partial charge in [0.05, 0.1) is 5.41 Å². The molecule has 0 spiro atoms. The van der Waals surface area contributed by atoms with Crippen molar-refractivity contribution in [1.29, 1.82) is 0 Å². The maximum atomic E-state index is 13.4. The number of amides is 2. The highest BCUT2D eigenvalue weighted by Crippen LogP contribution is 2.45. The van der Waals surface area contributed by atoms with Crippen LogP contribution in [0.5, 0.6) is 0 Å². The third kappa shape index (κ3) is 4.20. The Morgan fingerprint density at radius 3 is 2.61 bits per heavy atom. The second-order valence-corrected chi connectivity index (χ2v) is 8.48. The van der Waals surface area contributed by atoms with Crippen molar-refractivity contribution in [1.82, 2.24) is 15.1 Å². The summed E-state index contributed by atoms with van der Waals surface area (Å²) in [5.41, 5.74) is 0.0923. The second kappa shape index (κ2) is 9.27. The van der Waals surface area contributed by atoms with Gasteiger partial charge >= 0.3 is 0 Å². The zero-order valence-electron chi connectivity index (χ0n) is 17.0. The molecule has 0 bridgehead atoms. The lowest BCUT2D eigenvalue weighted by Gasteiger charge is -2.30. The van der Waals surface area contributed by atoms with Gasteiger partial charge in [-0.15, -0.1) is 0 Å². The van der Waals surface area contributed by atoms with E-state index in [4.69, 9.17) is 11.6 Å². The minimum atomic E-state index is -0.751. The summed E-state index contributed by atoms with van der Waals surface area (Å²) in [6, 6.07) is 7.72. The van der Waals surface area contributed by atoms with E-state index in [1.807, 2.05) is 29.2 Å². The summed E-state index contributed by atoms with van der Waals surface area (Å²) in [6.45, 7) is 8.33. The number of hydrogen-bond acceptors (Lipinski definition) is 3. The van der Waals surface area contributed by atoms with Gasteiger partial charge in [0, 0.05) is 37.1 Å². The SMILES string of the molecule is CCCN(CCC)CCNC(=O)C1(c2ccccc2Cl)CC2CCC(=O)N2C1. The number of rotatable bonds is 9. The molecule has 5 nitrogen and oxygen atoms in total. The summed E-state index contributed by atoms with van der Waals surface area (Å²) >= 11 is 6.51. The molecular weight excluding hydrogens is 374 g/mol. The molecular formula is C22H32ClN3O2. The van der Waals surface area contributed by atoms with E-state index >= 15 is 0 Å². The smallest absolute Gasteiger partial charge is 0.232 e. The van der Waals surface area contributed by atoms with Crippen molar-refractivity contribution in [3.63, 3.8) is 0 Å².